The van der Waals surface area contributed by atoms with Gasteiger partial charge in [-0.1, -0.05) is 40.5 Å². The van der Waals surface area contributed by atoms with Crippen molar-refractivity contribution in [1.82, 2.24) is 15.1 Å². The van der Waals surface area contributed by atoms with Crippen LogP contribution in [-0.4, -0.2) is 23.4 Å². The molecule has 6 heteroatoms. The van der Waals surface area contributed by atoms with Gasteiger partial charge >= 0.3 is 0 Å². The van der Waals surface area contributed by atoms with Crippen molar-refractivity contribution >= 4 is 27.5 Å². The fraction of sp³-hybridized carbons (Fsp3) is 0.357. The van der Waals surface area contributed by atoms with Gasteiger partial charge in [0.1, 0.15) is 5.69 Å². The van der Waals surface area contributed by atoms with E-state index in [1.54, 1.807) is 13.3 Å². The maximum atomic E-state index is 6.38. The van der Waals surface area contributed by atoms with Gasteiger partial charge in [-0.25, -0.2) is 0 Å². The van der Waals surface area contributed by atoms with E-state index >= 15 is 0 Å². The van der Waals surface area contributed by atoms with Gasteiger partial charge in [-0.05, 0) is 24.2 Å². The number of halogens is 2. The summed E-state index contributed by atoms with van der Waals surface area (Å²) in [4.78, 5) is 0. The van der Waals surface area contributed by atoms with Crippen LogP contribution in [0.15, 0.2) is 28.9 Å². The molecule has 1 aromatic carbocycles. The normalized spacial score (nSPS) is 12.4. The standard InChI is InChI=1S/C14H17BrClN3O/c1-4-17-13(10-6-5-9(15)7-11(10)16)14-12(20-3)8-18-19(14)2/h5-8,13,17H,4H2,1-3H3. The van der Waals surface area contributed by atoms with E-state index in [1.165, 1.54) is 0 Å². The Morgan fingerprint density at radius 1 is 1.50 bits per heavy atom. The van der Waals surface area contributed by atoms with E-state index in [4.69, 9.17) is 16.3 Å². The first kappa shape index (κ1) is 15.4. The van der Waals surface area contributed by atoms with Gasteiger partial charge in [0.15, 0.2) is 5.75 Å². The van der Waals surface area contributed by atoms with Crippen LogP contribution < -0.4 is 10.1 Å². The second kappa shape index (κ2) is 6.61. The molecule has 1 unspecified atom stereocenters. The average molecular weight is 359 g/mol. The number of benzene rings is 1. The number of hydrogen-bond acceptors (Lipinski definition) is 3. The average Bonchev–Trinajstić information content (AvgIpc) is 2.78. The molecule has 0 aliphatic rings. The third-order valence-electron chi connectivity index (χ3n) is 3.12. The topological polar surface area (TPSA) is 39.1 Å². The Kier molecular flexibility index (Phi) is 5.07. The van der Waals surface area contributed by atoms with Crippen LogP contribution in [0.25, 0.3) is 0 Å². The van der Waals surface area contributed by atoms with E-state index in [1.807, 2.05) is 29.9 Å². The summed E-state index contributed by atoms with van der Waals surface area (Å²) in [6.45, 7) is 2.87. The van der Waals surface area contributed by atoms with Crippen LogP contribution >= 0.6 is 27.5 Å². The zero-order valence-electron chi connectivity index (χ0n) is 11.7. The smallest absolute Gasteiger partial charge is 0.161 e. The Bertz CT molecular complexity index is 600. The lowest BCUT2D eigenvalue weighted by Gasteiger charge is -2.21. The number of methoxy groups -OCH3 is 1. The van der Waals surface area contributed by atoms with Crippen molar-refractivity contribution in [2.75, 3.05) is 13.7 Å². The molecule has 0 saturated heterocycles. The van der Waals surface area contributed by atoms with Gasteiger partial charge in [-0.15, -0.1) is 0 Å². The highest BCUT2D eigenvalue weighted by atomic mass is 79.9. The minimum atomic E-state index is -0.0666. The predicted octanol–water partition coefficient (Wildman–Crippen LogP) is 3.54. The SMILES string of the molecule is CCNC(c1ccc(Br)cc1Cl)c1c(OC)cnn1C. The van der Waals surface area contributed by atoms with Crippen LogP contribution in [0.4, 0.5) is 0 Å². The van der Waals surface area contributed by atoms with E-state index in [9.17, 15) is 0 Å². The molecule has 1 atom stereocenters. The third kappa shape index (κ3) is 3.00. The van der Waals surface area contributed by atoms with Crippen LogP contribution in [0.5, 0.6) is 5.75 Å². The molecule has 20 heavy (non-hydrogen) atoms. The highest BCUT2D eigenvalue weighted by Crippen LogP contribution is 2.34. The van der Waals surface area contributed by atoms with Crippen molar-refractivity contribution in [3.8, 4) is 5.75 Å². The first-order valence-corrected chi connectivity index (χ1v) is 7.49. The lowest BCUT2D eigenvalue weighted by Crippen LogP contribution is -2.25. The largest absolute Gasteiger partial charge is 0.493 e. The van der Waals surface area contributed by atoms with Crippen molar-refractivity contribution < 1.29 is 4.74 Å². The van der Waals surface area contributed by atoms with Crippen LogP contribution in [0.2, 0.25) is 5.02 Å². The van der Waals surface area contributed by atoms with Crippen LogP contribution in [0.3, 0.4) is 0 Å². The van der Waals surface area contributed by atoms with Gasteiger partial charge in [-0.2, -0.15) is 5.10 Å². The van der Waals surface area contributed by atoms with Gasteiger partial charge < -0.3 is 10.1 Å². The molecule has 1 heterocycles. The summed E-state index contributed by atoms with van der Waals surface area (Å²) in [5.41, 5.74) is 1.96. The maximum Gasteiger partial charge on any atom is 0.161 e. The van der Waals surface area contributed by atoms with E-state index in [0.717, 1.165) is 28.0 Å². The van der Waals surface area contributed by atoms with Gasteiger partial charge in [0.2, 0.25) is 0 Å². The number of aromatic nitrogens is 2. The predicted molar refractivity (Wildman–Crippen MR) is 84.4 cm³/mol. The number of nitrogens with zero attached hydrogens (tertiary/aromatic N) is 2. The van der Waals surface area contributed by atoms with Gasteiger partial charge in [-0.3, -0.25) is 4.68 Å². The summed E-state index contributed by atoms with van der Waals surface area (Å²) in [7, 11) is 3.54. The molecule has 0 aliphatic heterocycles. The minimum Gasteiger partial charge on any atom is -0.493 e. The molecule has 1 aromatic heterocycles. The molecule has 0 fully saturated rings. The molecule has 0 radical (unpaired) electrons. The van der Waals surface area contributed by atoms with Crippen molar-refractivity contribution in [2.45, 2.75) is 13.0 Å². The molecule has 0 spiro atoms. The summed E-state index contributed by atoms with van der Waals surface area (Å²) in [6.07, 6.45) is 1.71. The van der Waals surface area contributed by atoms with E-state index in [2.05, 4.69) is 33.3 Å². The molecule has 1 N–H and O–H groups in total. The molecule has 0 bridgehead atoms. The van der Waals surface area contributed by atoms with Crippen molar-refractivity contribution in [3.63, 3.8) is 0 Å². The first-order chi connectivity index (χ1) is 9.58. The first-order valence-electron chi connectivity index (χ1n) is 6.32. The molecule has 0 saturated carbocycles. The van der Waals surface area contributed by atoms with Gasteiger partial charge in [0.25, 0.3) is 0 Å². The summed E-state index contributed by atoms with van der Waals surface area (Å²) < 4.78 is 8.17. The Hall–Kier alpha value is -1.04. The van der Waals surface area contributed by atoms with E-state index < -0.39 is 0 Å². The van der Waals surface area contributed by atoms with Gasteiger partial charge in [0.05, 0.1) is 19.3 Å². The summed E-state index contributed by atoms with van der Waals surface area (Å²) in [5.74, 6) is 0.748. The lowest BCUT2D eigenvalue weighted by atomic mass is 10.0. The lowest BCUT2D eigenvalue weighted by molar-refractivity contribution is 0.401. The van der Waals surface area contributed by atoms with Crippen LogP contribution in [0.1, 0.15) is 24.2 Å². The van der Waals surface area contributed by atoms with Crippen LogP contribution in [0, 0.1) is 0 Å². The molecule has 2 aromatic rings. The van der Waals surface area contributed by atoms with Gasteiger partial charge in [0, 0.05) is 16.5 Å². The fourth-order valence-electron chi connectivity index (χ4n) is 2.21. The quantitative estimate of drug-likeness (QED) is 0.888. The van der Waals surface area contributed by atoms with Crippen molar-refractivity contribution in [2.24, 2.45) is 7.05 Å². The number of ether oxygens (including phenoxy) is 1. The highest BCUT2D eigenvalue weighted by molar-refractivity contribution is 9.10. The van der Waals surface area contributed by atoms with Crippen LogP contribution in [-0.2, 0) is 7.05 Å². The monoisotopic (exact) mass is 357 g/mol. The number of aryl methyl sites for hydroxylation is 1. The Morgan fingerprint density at radius 3 is 2.85 bits per heavy atom. The van der Waals surface area contributed by atoms with E-state index in [-0.39, 0.29) is 6.04 Å². The number of nitrogens with one attached hydrogen (secondary N) is 1. The zero-order valence-corrected chi connectivity index (χ0v) is 14.0. The summed E-state index contributed by atoms with van der Waals surface area (Å²) in [5, 5.41) is 8.40. The van der Waals surface area contributed by atoms with E-state index in [0.29, 0.717) is 5.02 Å². The number of hydrogen-bond donors (Lipinski definition) is 1. The second-order valence-electron chi connectivity index (χ2n) is 4.38. The Labute approximate surface area is 132 Å². The second-order valence-corrected chi connectivity index (χ2v) is 5.70. The number of rotatable bonds is 5. The third-order valence-corrected chi connectivity index (χ3v) is 3.94. The summed E-state index contributed by atoms with van der Waals surface area (Å²) in [6, 6.07) is 5.81. The Morgan fingerprint density at radius 2 is 2.25 bits per heavy atom. The molecular weight excluding hydrogens is 342 g/mol. The van der Waals surface area contributed by atoms with Crippen molar-refractivity contribution in [1.29, 1.82) is 0 Å². The molecule has 2 rings (SSSR count). The molecular formula is C14H17BrClN3O. The molecule has 108 valence electrons. The molecule has 4 nitrogen and oxygen atoms in total. The summed E-state index contributed by atoms with van der Waals surface area (Å²) >= 11 is 9.81. The highest BCUT2D eigenvalue weighted by Gasteiger charge is 2.23. The minimum absolute atomic E-state index is 0.0666. The van der Waals surface area contributed by atoms with Crippen molar-refractivity contribution in [3.05, 3.63) is 45.1 Å². The Balaban J connectivity index is 2.53. The fourth-order valence-corrected chi connectivity index (χ4v) is 2.99. The molecule has 0 amide bonds. The molecule has 0 aliphatic carbocycles. The maximum absolute atomic E-state index is 6.38. The zero-order chi connectivity index (χ0) is 14.7.